The van der Waals surface area contributed by atoms with E-state index in [-0.39, 0.29) is 6.61 Å². The van der Waals surface area contributed by atoms with Crippen molar-refractivity contribution in [3.05, 3.63) is 29.8 Å². The minimum Gasteiger partial charge on any atom is -0.392 e. The average Bonchev–Trinajstić information content (AvgIpc) is 2.49. The lowest BCUT2D eigenvalue weighted by Gasteiger charge is -2.45. The molecule has 2 nitrogen and oxygen atoms in total. The molecule has 1 aromatic carbocycles. The number of hydrogen-bond acceptors (Lipinski definition) is 2. The zero-order chi connectivity index (χ0) is 13.1. The number of nitrogens with zero attached hydrogens (tertiary/aromatic N) is 1. The van der Waals surface area contributed by atoms with Crippen LogP contribution in [0.3, 0.4) is 0 Å². The highest BCUT2D eigenvalue weighted by Crippen LogP contribution is 2.45. The zero-order valence-corrected chi connectivity index (χ0v) is 11.8. The summed E-state index contributed by atoms with van der Waals surface area (Å²) in [5, 5.41) is 9.09. The Labute approximate surface area is 116 Å². The van der Waals surface area contributed by atoms with Gasteiger partial charge in [0.25, 0.3) is 0 Å². The van der Waals surface area contributed by atoms with Crippen LogP contribution in [0, 0.1) is 5.41 Å². The predicted molar refractivity (Wildman–Crippen MR) is 79.3 cm³/mol. The third-order valence-corrected chi connectivity index (χ3v) is 5.22. The molecule has 0 bridgehead atoms. The Kier molecular flexibility index (Phi) is 3.79. The number of aliphatic hydroxyl groups is 1. The molecule has 0 amide bonds. The maximum atomic E-state index is 9.09. The molecule has 0 atom stereocenters. The summed E-state index contributed by atoms with van der Waals surface area (Å²) in [6, 6.07) is 8.40. The molecule has 1 aromatic rings. The van der Waals surface area contributed by atoms with Gasteiger partial charge in [0.1, 0.15) is 0 Å². The molecule has 19 heavy (non-hydrogen) atoms. The molecule has 0 radical (unpaired) electrons. The molecule has 3 rings (SSSR count). The highest BCUT2D eigenvalue weighted by Gasteiger charge is 2.35. The van der Waals surface area contributed by atoms with E-state index in [4.69, 9.17) is 5.11 Å². The van der Waals surface area contributed by atoms with Gasteiger partial charge in [-0.2, -0.15) is 0 Å². The third-order valence-electron chi connectivity index (χ3n) is 5.22. The minimum absolute atomic E-state index is 0.142. The molecule has 2 aliphatic rings. The van der Waals surface area contributed by atoms with Crippen LogP contribution in [0.25, 0.3) is 0 Å². The summed E-state index contributed by atoms with van der Waals surface area (Å²) in [5.74, 6) is 0. The summed E-state index contributed by atoms with van der Waals surface area (Å²) < 4.78 is 0. The van der Waals surface area contributed by atoms with E-state index < -0.39 is 0 Å². The Hall–Kier alpha value is -1.02. The van der Waals surface area contributed by atoms with Gasteiger partial charge in [-0.1, -0.05) is 31.4 Å². The van der Waals surface area contributed by atoms with Crippen molar-refractivity contribution in [2.24, 2.45) is 5.41 Å². The van der Waals surface area contributed by atoms with E-state index in [0.29, 0.717) is 5.41 Å². The first-order valence-electron chi connectivity index (χ1n) is 7.76. The molecule has 0 aromatic heterocycles. The fourth-order valence-corrected chi connectivity index (χ4v) is 3.85. The molecule has 2 heteroatoms. The van der Waals surface area contributed by atoms with E-state index in [1.54, 1.807) is 0 Å². The van der Waals surface area contributed by atoms with Crippen molar-refractivity contribution in [3.8, 4) is 0 Å². The topological polar surface area (TPSA) is 23.5 Å². The highest BCUT2D eigenvalue weighted by molar-refractivity contribution is 5.48. The standard InChI is InChI=1S/C17H25NO/c19-14-15-4-6-16(7-5-15)18-12-10-17(11-13-18)8-2-1-3-9-17/h4-7,19H,1-3,8-14H2. The Morgan fingerprint density at radius 3 is 2.11 bits per heavy atom. The fourth-order valence-electron chi connectivity index (χ4n) is 3.85. The number of hydrogen-bond donors (Lipinski definition) is 1. The first-order chi connectivity index (χ1) is 9.31. The van der Waals surface area contributed by atoms with Crippen LogP contribution in [0.5, 0.6) is 0 Å². The van der Waals surface area contributed by atoms with Gasteiger partial charge in [0.15, 0.2) is 0 Å². The molecule has 0 unspecified atom stereocenters. The van der Waals surface area contributed by atoms with E-state index in [2.05, 4.69) is 17.0 Å². The first-order valence-corrected chi connectivity index (χ1v) is 7.76. The van der Waals surface area contributed by atoms with Gasteiger partial charge in [-0.3, -0.25) is 0 Å². The van der Waals surface area contributed by atoms with Gasteiger partial charge in [-0.25, -0.2) is 0 Å². The van der Waals surface area contributed by atoms with E-state index in [1.807, 2.05) is 12.1 Å². The number of rotatable bonds is 2. The van der Waals surface area contributed by atoms with Gasteiger partial charge in [0, 0.05) is 18.8 Å². The molecular weight excluding hydrogens is 234 g/mol. The summed E-state index contributed by atoms with van der Waals surface area (Å²) in [6.07, 6.45) is 10.0. The second-order valence-electron chi connectivity index (χ2n) is 6.37. The second kappa shape index (κ2) is 5.54. The van der Waals surface area contributed by atoms with Crippen LogP contribution < -0.4 is 4.90 Å². The van der Waals surface area contributed by atoms with Crippen molar-refractivity contribution in [3.63, 3.8) is 0 Å². The quantitative estimate of drug-likeness (QED) is 0.874. The van der Waals surface area contributed by atoms with Gasteiger partial charge in [-0.15, -0.1) is 0 Å². The van der Waals surface area contributed by atoms with Gasteiger partial charge in [0.05, 0.1) is 6.61 Å². The SMILES string of the molecule is OCc1ccc(N2CCC3(CCCCC3)CC2)cc1. The minimum atomic E-state index is 0.142. The maximum Gasteiger partial charge on any atom is 0.0681 e. The van der Waals surface area contributed by atoms with E-state index >= 15 is 0 Å². The normalized spacial score (nSPS) is 22.7. The molecule has 1 aliphatic heterocycles. The molecule has 2 fully saturated rings. The maximum absolute atomic E-state index is 9.09. The van der Waals surface area contributed by atoms with Crippen molar-refractivity contribution in [2.75, 3.05) is 18.0 Å². The first kappa shape index (κ1) is 13.0. The number of aliphatic hydroxyl groups excluding tert-OH is 1. The summed E-state index contributed by atoms with van der Waals surface area (Å²) >= 11 is 0. The summed E-state index contributed by atoms with van der Waals surface area (Å²) in [7, 11) is 0. The summed E-state index contributed by atoms with van der Waals surface area (Å²) in [5.41, 5.74) is 3.01. The van der Waals surface area contributed by atoms with Crippen LogP contribution >= 0.6 is 0 Å². The molecule has 1 saturated carbocycles. The highest BCUT2D eigenvalue weighted by atomic mass is 16.3. The number of benzene rings is 1. The molecular formula is C17H25NO. The predicted octanol–water partition coefficient (Wildman–Crippen LogP) is 3.73. The van der Waals surface area contributed by atoms with Gasteiger partial charge in [-0.05, 0) is 48.8 Å². The number of anilines is 1. The van der Waals surface area contributed by atoms with Crippen LogP contribution in [-0.2, 0) is 6.61 Å². The molecule has 1 heterocycles. The average molecular weight is 259 g/mol. The van der Waals surface area contributed by atoms with E-state index in [1.165, 1.54) is 63.7 Å². The summed E-state index contributed by atoms with van der Waals surface area (Å²) in [6.45, 7) is 2.56. The molecule has 1 N–H and O–H groups in total. The fraction of sp³-hybridized carbons (Fsp3) is 0.647. The smallest absolute Gasteiger partial charge is 0.0681 e. The van der Waals surface area contributed by atoms with Crippen LogP contribution in [-0.4, -0.2) is 18.2 Å². The lowest BCUT2D eigenvalue weighted by atomic mass is 9.68. The van der Waals surface area contributed by atoms with Gasteiger partial charge < -0.3 is 10.0 Å². The van der Waals surface area contributed by atoms with Crippen LogP contribution in [0.4, 0.5) is 5.69 Å². The van der Waals surface area contributed by atoms with Crippen LogP contribution in [0.1, 0.15) is 50.5 Å². The molecule has 1 saturated heterocycles. The van der Waals surface area contributed by atoms with Crippen LogP contribution in [0.15, 0.2) is 24.3 Å². The van der Waals surface area contributed by atoms with Crippen molar-refractivity contribution in [2.45, 2.75) is 51.6 Å². The Bertz CT molecular complexity index is 396. The second-order valence-corrected chi connectivity index (χ2v) is 6.37. The third kappa shape index (κ3) is 2.79. The summed E-state index contributed by atoms with van der Waals surface area (Å²) in [4.78, 5) is 2.51. The Morgan fingerprint density at radius 2 is 1.53 bits per heavy atom. The number of piperidine rings is 1. The molecule has 104 valence electrons. The van der Waals surface area contributed by atoms with E-state index in [9.17, 15) is 0 Å². The van der Waals surface area contributed by atoms with Gasteiger partial charge >= 0.3 is 0 Å². The van der Waals surface area contributed by atoms with Crippen molar-refractivity contribution >= 4 is 5.69 Å². The van der Waals surface area contributed by atoms with Gasteiger partial charge in [0.2, 0.25) is 0 Å². The lowest BCUT2D eigenvalue weighted by Crippen LogP contribution is -2.41. The molecule has 1 aliphatic carbocycles. The molecule has 1 spiro atoms. The van der Waals surface area contributed by atoms with Crippen LogP contribution in [0.2, 0.25) is 0 Å². The Balaban J connectivity index is 1.62. The monoisotopic (exact) mass is 259 g/mol. The Morgan fingerprint density at radius 1 is 0.895 bits per heavy atom. The largest absolute Gasteiger partial charge is 0.392 e. The van der Waals surface area contributed by atoms with Crippen molar-refractivity contribution in [1.82, 2.24) is 0 Å². The van der Waals surface area contributed by atoms with E-state index in [0.717, 1.165) is 5.56 Å². The van der Waals surface area contributed by atoms with Crippen molar-refractivity contribution in [1.29, 1.82) is 0 Å². The lowest BCUT2D eigenvalue weighted by molar-refractivity contribution is 0.144. The van der Waals surface area contributed by atoms with Crippen molar-refractivity contribution < 1.29 is 5.11 Å². The zero-order valence-electron chi connectivity index (χ0n) is 11.8.